The quantitative estimate of drug-likeness (QED) is 0.692. The fourth-order valence-corrected chi connectivity index (χ4v) is 2.88. The van der Waals surface area contributed by atoms with Crippen molar-refractivity contribution in [3.05, 3.63) is 71.3 Å². The predicted molar refractivity (Wildman–Crippen MR) is 99.0 cm³/mol. The van der Waals surface area contributed by atoms with Crippen molar-refractivity contribution in [3.63, 3.8) is 0 Å². The highest BCUT2D eigenvalue weighted by Gasteiger charge is 2.17. The number of nitrogens with one attached hydrogen (secondary N) is 1. The van der Waals surface area contributed by atoms with E-state index >= 15 is 0 Å². The third-order valence-electron chi connectivity index (χ3n) is 4.54. The fraction of sp³-hybridized carbons (Fsp3) is 0.429. The Bertz CT molecular complexity index is 602. The minimum atomic E-state index is -0.811. The molecule has 24 heavy (non-hydrogen) atoms. The highest BCUT2D eigenvalue weighted by molar-refractivity contribution is 5.28. The molecule has 2 unspecified atom stereocenters. The van der Waals surface area contributed by atoms with Crippen LogP contribution in [0.4, 0.5) is 0 Å². The molecule has 2 rings (SSSR count). The second-order valence-electron chi connectivity index (χ2n) is 6.93. The van der Waals surface area contributed by atoms with Crippen LogP contribution in [0.3, 0.4) is 0 Å². The lowest BCUT2D eigenvalue weighted by atomic mass is 9.94. The molecule has 0 aliphatic rings. The van der Waals surface area contributed by atoms with E-state index in [1.165, 1.54) is 11.1 Å². The Hall–Kier alpha value is -1.68. The Morgan fingerprint density at radius 3 is 2.12 bits per heavy atom. The first-order valence-corrected chi connectivity index (χ1v) is 8.64. The maximum Gasteiger partial charge on any atom is 0.0840 e. The smallest absolute Gasteiger partial charge is 0.0840 e. The summed E-state index contributed by atoms with van der Waals surface area (Å²) < 4.78 is 0. The van der Waals surface area contributed by atoms with Gasteiger partial charge in [0.25, 0.3) is 0 Å². The highest BCUT2D eigenvalue weighted by Crippen LogP contribution is 2.23. The van der Waals surface area contributed by atoms with Crippen molar-refractivity contribution >= 4 is 0 Å². The van der Waals surface area contributed by atoms with Crippen LogP contribution in [0.2, 0.25) is 0 Å². The topological polar surface area (TPSA) is 52.5 Å². The third kappa shape index (κ3) is 5.17. The molecule has 0 aromatic heterocycles. The van der Waals surface area contributed by atoms with Crippen LogP contribution in [-0.4, -0.2) is 23.4 Å². The Morgan fingerprint density at radius 2 is 1.58 bits per heavy atom. The van der Waals surface area contributed by atoms with Crippen LogP contribution in [0, 0.1) is 0 Å². The van der Waals surface area contributed by atoms with Crippen molar-refractivity contribution < 1.29 is 10.2 Å². The second-order valence-corrected chi connectivity index (χ2v) is 6.93. The van der Waals surface area contributed by atoms with Gasteiger partial charge in [-0.1, -0.05) is 54.6 Å². The number of hydrogen-bond acceptors (Lipinski definition) is 3. The number of aliphatic hydroxyl groups is 2. The largest absolute Gasteiger partial charge is 0.396 e. The summed E-state index contributed by atoms with van der Waals surface area (Å²) >= 11 is 0. The van der Waals surface area contributed by atoms with E-state index in [4.69, 9.17) is 0 Å². The average molecular weight is 327 g/mol. The zero-order valence-corrected chi connectivity index (χ0v) is 14.9. The molecular formula is C21H29NO2. The zero-order chi connectivity index (χ0) is 17.6. The van der Waals surface area contributed by atoms with Crippen molar-refractivity contribution in [2.24, 2.45) is 0 Å². The first-order valence-electron chi connectivity index (χ1n) is 8.64. The van der Waals surface area contributed by atoms with Crippen molar-refractivity contribution in [2.45, 2.75) is 44.8 Å². The number of aliphatic hydroxyl groups excluding tert-OH is 1. The van der Waals surface area contributed by atoms with Crippen molar-refractivity contribution in [1.82, 2.24) is 5.32 Å². The van der Waals surface area contributed by atoms with Gasteiger partial charge in [-0.2, -0.15) is 0 Å². The molecule has 0 heterocycles. The van der Waals surface area contributed by atoms with Gasteiger partial charge in [-0.05, 0) is 49.8 Å². The molecule has 0 spiro atoms. The summed E-state index contributed by atoms with van der Waals surface area (Å²) in [6.07, 6.45) is 0.751. The summed E-state index contributed by atoms with van der Waals surface area (Å²) in [6.45, 7) is 6.74. The van der Waals surface area contributed by atoms with Gasteiger partial charge in [0.05, 0.1) is 5.60 Å². The van der Waals surface area contributed by atoms with E-state index < -0.39 is 5.60 Å². The van der Waals surface area contributed by atoms with E-state index in [0.29, 0.717) is 5.92 Å². The minimum Gasteiger partial charge on any atom is -0.396 e. The third-order valence-corrected chi connectivity index (χ3v) is 4.54. The van der Waals surface area contributed by atoms with Crippen LogP contribution in [0.1, 0.15) is 55.8 Å². The zero-order valence-electron chi connectivity index (χ0n) is 14.9. The van der Waals surface area contributed by atoms with Gasteiger partial charge in [0.2, 0.25) is 0 Å². The highest BCUT2D eigenvalue weighted by atomic mass is 16.3. The minimum absolute atomic E-state index is 0.190. The van der Waals surface area contributed by atoms with Gasteiger partial charge in [-0.15, -0.1) is 0 Å². The van der Waals surface area contributed by atoms with Gasteiger partial charge in [0, 0.05) is 19.2 Å². The van der Waals surface area contributed by atoms with E-state index in [-0.39, 0.29) is 12.6 Å². The predicted octanol–water partition coefficient (Wildman–Crippen LogP) is 3.73. The molecule has 2 atom stereocenters. The first kappa shape index (κ1) is 18.7. The van der Waals surface area contributed by atoms with E-state index in [2.05, 4.69) is 36.5 Å². The van der Waals surface area contributed by atoms with Crippen LogP contribution < -0.4 is 5.32 Å². The van der Waals surface area contributed by atoms with Crippen LogP contribution in [-0.2, 0) is 5.60 Å². The second kappa shape index (κ2) is 8.43. The Morgan fingerprint density at radius 1 is 0.958 bits per heavy atom. The lowest BCUT2D eigenvalue weighted by Crippen LogP contribution is -2.25. The molecule has 0 aliphatic heterocycles. The maximum absolute atomic E-state index is 10.0. The molecule has 0 bridgehead atoms. The normalized spacial score (nSPS) is 14.4. The summed E-state index contributed by atoms with van der Waals surface area (Å²) in [6, 6.07) is 18.6. The van der Waals surface area contributed by atoms with Crippen LogP contribution in [0.5, 0.6) is 0 Å². The average Bonchev–Trinajstić information content (AvgIpc) is 2.58. The SMILES string of the molecule is CC(NCC(CCO)c1ccccc1)c1ccc(C(C)(C)O)cc1. The summed E-state index contributed by atoms with van der Waals surface area (Å²) in [5.41, 5.74) is 2.55. The van der Waals surface area contributed by atoms with Crippen molar-refractivity contribution in [3.8, 4) is 0 Å². The summed E-state index contributed by atoms with van der Waals surface area (Å²) in [4.78, 5) is 0. The van der Waals surface area contributed by atoms with E-state index in [0.717, 1.165) is 18.5 Å². The Balaban J connectivity index is 1.99. The molecule has 3 N–H and O–H groups in total. The van der Waals surface area contributed by atoms with E-state index in [1.807, 2.05) is 30.3 Å². The maximum atomic E-state index is 10.0. The lowest BCUT2D eigenvalue weighted by molar-refractivity contribution is 0.0786. The number of benzene rings is 2. The molecule has 2 aromatic rings. The molecule has 0 amide bonds. The van der Waals surface area contributed by atoms with E-state index in [1.54, 1.807) is 13.8 Å². The van der Waals surface area contributed by atoms with E-state index in [9.17, 15) is 10.2 Å². The molecule has 0 radical (unpaired) electrons. The first-order chi connectivity index (χ1) is 11.4. The fourth-order valence-electron chi connectivity index (χ4n) is 2.88. The lowest BCUT2D eigenvalue weighted by Gasteiger charge is -2.22. The molecule has 0 saturated carbocycles. The standard InChI is InChI=1S/C21H29NO2/c1-16(17-9-11-20(12-10-17)21(2,3)24)22-15-19(13-14-23)18-7-5-4-6-8-18/h4-12,16,19,22-24H,13-15H2,1-3H3. The monoisotopic (exact) mass is 327 g/mol. The summed E-state index contributed by atoms with van der Waals surface area (Å²) in [7, 11) is 0. The van der Waals surface area contributed by atoms with Gasteiger partial charge in [-0.25, -0.2) is 0 Å². The van der Waals surface area contributed by atoms with Crippen molar-refractivity contribution in [1.29, 1.82) is 0 Å². The van der Waals surface area contributed by atoms with Crippen LogP contribution in [0.25, 0.3) is 0 Å². The Kier molecular flexibility index (Phi) is 6.55. The molecule has 0 aliphatic carbocycles. The van der Waals surface area contributed by atoms with Crippen LogP contribution >= 0.6 is 0 Å². The van der Waals surface area contributed by atoms with Crippen LogP contribution in [0.15, 0.2) is 54.6 Å². The molecule has 0 fully saturated rings. The molecule has 3 heteroatoms. The van der Waals surface area contributed by atoms with Gasteiger partial charge < -0.3 is 15.5 Å². The summed E-state index contributed by atoms with van der Waals surface area (Å²) in [5, 5.41) is 22.9. The van der Waals surface area contributed by atoms with Gasteiger partial charge in [-0.3, -0.25) is 0 Å². The number of rotatable bonds is 8. The number of hydrogen-bond donors (Lipinski definition) is 3. The van der Waals surface area contributed by atoms with Gasteiger partial charge in [0.15, 0.2) is 0 Å². The van der Waals surface area contributed by atoms with Gasteiger partial charge >= 0.3 is 0 Å². The Labute approximate surface area is 145 Å². The molecule has 2 aromatic carbocycles. The molecule has 0 saturated heterocycles. The molecule has 3 nitrogen and oxygen atoms in total. The molecule has 130 valence electrons. The summed E-state index contributed by atoms with van der Waals surface area (Å²) in [5.74, 6) is 0.300. The van der Waals surface area contributed by atoms with Crippen molar-refractivity contribution in [2.75, 3.05) is 13.2 Å². The van der Waals surface area contributed by atoms with Gasteiger partial charge in [0.1, 0.15) is 0 Å². The molecular weight excluding hydrogens is 298 g/mol.